The van der Waals surface area contributed by atoms with Gasteiger partial charge in [-0.1, -0.05) is 12.2 Å². The van der Waals surface area contributed by atoms with Crippen LogP contribution in [0.5, 0.6) is 0 Å². The molecule has 2 heteroatoms. The van der Waals surface area contributed by atoms with Crippen LogP contribution in [0, 0.1) is 18.7 Å². The molecule has 0 radical (unpaired) electrons. The largest absolute Gasteiger partial charge is 0.385 e. The Morgan fingerprint density at radius 1 is 1.31 bits per heavy atom. The normalized spacial score (nSPS) is 19.8. The molecule has 0 fully saturated rings. The van der Waals surface area contributed by atoms with Gasteiger partial charge in [0.25, 0.3) is 0 Å². The molecule has 1 aliphatic carbocycles. The summed E-state index contributed by atoms with van der Waals surface area (Å²) in [4.78, 5) is 0. The van der Waals surface area contributed by atoms with Crippen molar-refractivity contribution < 1.29 is 4.39 Å². The number of allylic oxidation sites excluding steroid dienone is 2. The third-order valence-electron chi connectivity index (χ3n) is 3.01. The standard InChI is InChI=1S/C14H18FN/c1-11-7-13(15)9-14(8-11)16-10-12-5-3-2-4-6-12/h2-3,7-9,12,16H,4-6,10H2,1H3. The molecule has 0 bridgehead atoms. The number of anilines is 1. The Bertz CT molecular complexity index is 364. The zero-order chi connectivity index (χ0) is 11.4. The summed E-state index contributed by atoms with van der Waals surface area (Å²) in [5, 5.41) is 3.32. The number of aryl methyl sites for hydroxylation is 1. The van der Waals surface area contributed by atoms with Crippen LogP contribution in [0.4, 0.5) is 10.1 Å². The molecule has 0 amide bonds. The highest BCUT2D eigenvalue weighted by Gasteiger charge is 2.09. The van der Waals surface area contributed by atoms with Gasteiger partial charge in [0.05, 0.1) is 0 Å². The Labute approximate surface area is 96.4 Å². The predicted octanol–water partition coefficient (Wildman–Crippen LogP) is 3.90. The van der Waals surface area contributed by atoms with Crippen LogP contribution < -0.4 is 5.32 Å². The van der Waals surface area contributed by atoms with Crippen LogP contribution in [-0.2, 0) is 0 Å². The molecule has 2 rings (SSSR count). The topological polar surface area (TPSA) is 12.0 Å². The van der Waals surface area contributed by atoms with Crippen molar-refractivity contribution >= 4 is 5.69 Å². The van der Waals surface area contributed by atoms with Gasteiger partial charge in [0, 0.05) is 12.2 Å². The third kappa shape index (κ3) is 3.09. The number of benzene rings is 1. The first-order chi connectivity index (χ1) is 7.74. The second-order valence-electron chi connectivity index (χ2n) is 4.55. The van der Waals surface area contributed by atoms with Crippen LogP contribution in [0.3, 0.4) is 0 Å². The zero-order valence-corrected chi connectivity index (χ0v) is 9.67. The van der Waals surface area contributed by atoms with Crippen LogP contribution in [-0.4, -0.2) is 6.54 Å². The van der Waals surface area contributed by atoms with Gasteiger partial charge in [0.15, 0.2) is 0 Å². The molecule has 0 spiro atoms. The molecule has 0 saturated carbocycles. The van der Waals surface area contributed by atoms with Gasteiger partial charge in [-0.05, 0) is 55.9 Å². The molecule has 0 aromatic heterocycles. The summed E-state index contributed by atoms with van der Waals surface area (Å²) in [5.41, 5.74) is 1.86. The fourth-order valence-corrected chi connectivity index (χ4v) is 2.14. The van der Waals surface area contributed by atoms with Crippen LogP contribution >= 0.6 is 0 Å². The lowest BCUT2D eigenvalue weighted by Crippen LogP contribution is -2.15. The first-order valence-electron chi connectivity index (χ1n) is 5.90. The molecule has 1 aromatic rings. The zero-order valence-electron chi connectivity index (χ0n) is 9.67. The van der Waals surface area contributed by atoms with E-state index in [9.17, 15) is 4.39 Å². The van der Waals surface area contributed by atoms with E-state index in [-0.39, 0.29) is 5.82 Å². The summed E-state index contributed by atoms with van der Waals surface area (Å²) in [6, 6.07) is 5.10. The number of halogens is 1. The minimum Gasteiger partial charge on any atom is -0.385 e. The highest BCUT2D eigenvalue weighted by Crippen LogP contribution is 2.20. The lowest BCUT2D eigenvalue weighted by Gasteiger charge is -2.19. The van der Waals surface area contributed by atoms with Crippen molar-refractivity contribution in [2.24, 2.45) is 5.92 Å². The molecular formula is C14H18FN. The van der Waals surface area contributed by atoms with E-state index < -0.39 is 0 Å². The molecule has 86 valence electrons. The molecule has 0 heterocycles. The summed E-state index contributed by atoms with van der Waals surface area (Å²) >= 11 is 0. The molecule has 0 saturated heterocycles. The van der Waals surface area contributed by atoms with Crippen molar-refractivity contribution in [3.63, 3.8) is 0 Å². The SMILES string of the molecule is Cc1cc(F)cc(NCC2CC=CCC2)c1. The Hall–Kier alpha value is -1.31. The number of nitrogens with one attached hydrogen (secondary N) is 1. The lowest BCUT2D eigenvalue weighted by molar-refractivity contribution is 0.504. The van der Waals surface area contributed by atoms with E-state index in [2.05, 4.69) is 17.5 Å². The summed E-state index contributed by atoms with van der Waals surface area (Å²) in [7, 11) is 0. The van der Waals surface area contributed by atoms with Crippen LogP contribution in [0.1, 0.15) is 24.8 Å². The van der Waals surface area contributed by atoms with Crippen LogP contribution in [0.15, 0.2) is 30.4 Å². The van der Waals surface area contributed by atoms with E-state index >= 15 is 0 Å². The highest BCUT2D eigenvalue weighted by molar-refractivity contribution is 5.46. The Balaban J connectivity index is 1.91. The van der Waals surface area contributed by atoms with Crippen molar-refractivity contribution in [1.29, 1.82) is 0 Å². The fourth-order valence-electron chi connectivity index (χ4n) is 2.14. The molecule has 1 atom stereocenters. The van der Waals surface area contributed by atoms with Crippen molar-refractivity contribution in [2.75, 3.05) is 11.9 Å². The van der Waals surface area contributed by atoms with E-state index in [0.717, 1.165) is 24.2 Å². The highest BCUT2D eigenvalue weighted by atomic mass is 19.1. The van der Waals surface area contributed by atoms with Gasteiger partial charge in [-0.3, -0.25) is 0 Å². The van der Waals surface area contributed by atoms with Crippen LogP contribution in [0.2, 0.25) is 0 Å². The average molecular weight is 219 g/mol. The maximum Gasteiger partial charge on any atom is 0.125 e. The van der Waals surface area contributed by atoms with Crippen molar-refractivity contribution in [3.8, 4) is 0 Å². The second kappa shape index (κ2) is 5.15. The minimum absolute atomic E-state index is 0.161. The van der Waals surface area contributed by atoms with Crippen molar-refractivity contribution in [3.05, 3.63) is 41.7 Å². The average Bonchev–Trinajstić information content (AvgIpc) is 2.27. The van der Waals surface area contributed by atoms with Crippen molar-refractivity contribution in [1.82, 2.24) is 0 Å². The predicted molar refractivity (Wildman–Crippen MR) is 66.1 cm³/mol. The first-order valence-corrected chi connectivity index (χ1v) is 5.90. The van der Waals surface area contributed by atoms with Gasteiger partial charge in [-0.15, -0.1) is 0 Å². The molecule has 16 heavy (non-hydrogen) atoms. The molecular weight excluding hydrogens is 201 g/mol. The van der Waals surface area contributed by atoms with E-state index in [4.69, 9.17) is 0 Å². The summed E-state index contributed by atoms with van der Waals surface area (Å²) in [6.45, 7) is 2.85. The van der Waals surface area contributed by atoms with Gasteiger partial charge in [0.2, 0.25) is 0 Å². The Kier molecular flexibility index (Phi) is 3.60. The van der Waals surface area contributed by atoms with E-state index in [0.29, 0.717) is 5.92 Å². The van der Waals surface area contributed by atoms with E-state index in [1.54, 1.807) is 12.1 Å². The summed E-state index contributed by atoms with van der Waals surface area (Å²) in [6.07, 6.45) is 8.03. The van der Waals surface area contributed by atoms with Gasteiger partial charge in [0.1, 0.15) is 5.82 Å². The summed E-state index contributed by atoms with van der Waals surface area (Å²) in [5.74, 6) is 0.527. The molecule has 1 unspecified atom stereocenters. The number of hydrogen-bond acceptors (Lipinski definition) is 1. The molecule has 1 aliphatic rings. The molecule has 1 nitrogen and oxygen atoms in total. The maximum absolute atomic E-state index is 13.1. The first kappa shape index (κ1) is 11.2. The quantitative estimate of drug-likeness (QED) is 0.760. The lowest BCUT2D eigenvalue weighted by atomic mass is 9.94. The molecule has 1 aromatic carbocycles. The maximum atomic E-state index is 13.1. The van der Waals surface area contributed by atoms with Gasteiger partial charge >= 0.3 is 0 Å². The molecule has 0 aliphatic heterocycles. The van der Waals surface area contributed by atoms with Crippen LogP contribution in [0.25, 0.3) is 0 Å². The van der Waals surface area contributed by atoms with Gasteiger partial charge in [-0.2, -0.15) is 0 Å². The van der Waals surface area contributed by atoms with E-state index in [1.165, 1.54) is 12.8 Å². The molecule has 1 N–H and O–H groups in total. The fraction of sp³-hybridized carbons (Fsp3) is 0.429. The minimum atomic E-state index is -0.161. The van der Waals surface area contributed by atoms with Gasteiger partial charge < -0.3 is 5.32 Å². The van der Waals surface area contributed by atoms with Crippen molar-refractivity contribution in [2.45, 2.75) is 26.2 Å². The monoisotopic (exact) mass is 219 g/mol. The summed E-state index contributed by atoms with van der Waals surface area (Å²) < 4.78 is 13.1. The number of rotatable bonds is 3. The third-order valence-corrected chi connectivity index (χ3v) is 3.01. The number of hydrogen-bond donors (Lipinski definition) is 1. The van der Waals surface area contributed by atoms with E-state index in [1.807, 2.05) is 13.0 Å². The van der Waals surface area contributed by atoms with Gasteiger partial charge in [-0.25, -0.2) is 4.39 Å². The Morgan fingerprint density at radius 2 is 2.19 bits per heavy atom. The Morgan fingerprint density at radius 3 is 2.88 bits per heavy atom. The second-order valence-corrected chi connectivity index (χ2v) is 4.55. The smallest absolute Gasteiger partial charge is 0.125 e.